The van der Waals surface area contributed by atoms with Gasteiger partial charge in [-0.1, -0.05) is 0 Å². The zero-order valence-corrected chi connectivity index (χ0v) is 10.7. The third kappa shape index (κ3) is 5.11. The van der Waals surface area contributed by atoms with Crippen LogP contribution in [0.4, 0.5) is 19.0 Å². The third-order valence-electron chi connectivity index (χ3n) is 2.15. The highest BCUT2D eigenvalue weighted by molar-refractivity contribution is 5.85. The summed E-state index contributed by atoms with van der Waals surface area (Å²) in [6.07, 6.45) is -5.26. The highest BCUT2D eigenvalue weighted by atomic mass is 19.4. The molecule has 0 aromatic carbocycles. The van der Waals surface area contributed by atoms with Crippen LogP contribution in [0.15, 0.2) is 6.07 Å². The van der Waals surface area contributed by atoms with Crippen molar-refractivity contribution in [3.8, 4) is 0 Å². The van der Waals surface area contributed by atoms with Crippen molar-refractivity contribution >= 4 is 11.8 Å². The lowest BCUT2D eigenvalue weighted by atomic mass is 10.2. The molecule has 1 heterocycles. The predicted octanol–water partition coefficient (Wildman–Crippen LogP) is 2.32. The molecule has 0 radical (unpaired) electrons. The number of aryl methyl sites for hydroxylation is 1. The van der Waals surface area contributed by atoms with Crippen molar-refractivity contribution in [1.29, 1.82) is 0 Å². The van der Waals surface area contributed by atoms with Gasteiger partial charge in [-0.2, -0.15) is 13.2 Å². The van der Waals surface area contributed by atoms with E-state index in [1.165, 1.54) is 20.1 Å². The van der Waals surface area contributed by atoms with Gasteiger partial charge in [0.1, 0.15) is 5.82 Å². The molecular formula is C11H14F3N3O2. The number of aromatic nitrogens is 2. The molecule has 0 spiro atoms. The molecule has 0 amide bonds. The summed E-state index contributed by atoms with van der Waals surface area (Å²) in [5.41, 5.74) is 0.456. The molecule has 8 heteroatoms. The Morgan fingerprint density at radius 2 is 2.11 bits per heavy atom. The number of alkyl halides is 3. The molecule has 0 saturated heterocycles. The largest absolute Gasteiger partial charge is 0.463 e. The van der Waals surface area contributed by atoms with Crippen LogP contribution in [-0.2, 0) is 4.74 Å². The van der Waals surface area contributed by atoms with Gasteiger partial charge in [-0.25, -0.2) is 14.8 Å². The molecule has 1 aromatic rings. The van der Waals surface area contributed by atoms with Crippen LogP contribution in [0.25, 0.3) is 0 Å². The van der Waals surface area contributed by atoms with Gasteiger partial charge in [0.15, 0.2) is 0 Å². The Morgan fingerprint density at radius 3 is 2.63 bits per heavy atom. The summed E-state index contributed by atoms with van der Waals surface area (Å²) in [6.45, 7) is 2.98. The Hall–Kier alpha value is -1.86. The fourth-order valence-electron chi connectivity index (χ4n) is 1.48. The summed E-state index contributed by atoms with van der Waals surface area (Å²) in [4.78, 5) is 18.9. The van der Waals surface area contributed by atoms with Crippen LogP contribution >= 0.6 is 0 Å². The molecule has 0 aliphatic rings. The zero-order chi connectivity index (χ0) is 14.6. The number of ether oxygens (including phenoxy) is 1. The van der Waals surface area contributed by atoms with Gasteiger partial charge < -0.3 is 10.1 Å². The van der Waals surface area contributed by atoms with E-state index in [9.17, 15) is 18.0 Å². The van der Waals surface area contributed by atoms with Crippen molar-refractivity contribution in [2.45, 2.75) is 32.5 Å². The Morgan fingerprint density at radius 1 is 1.47 bits per heavy atom. The topological polar surface area (TPSA) is 64.1 Å². The van der Waals surface area contributed by atoms with Gasteiger partial charge in [0, 0.05) is 17.8 Å². The second-order valence-electron chi connectivity index (χ2n) is 4.07. The number of carbonyl (C=O) groups excluding carboxylic acids is 1. The lowest BCUT2D eigenvalue weighted by Gasteiger charge is -2.16. The Balaban J connectivity index is 2.84. The first-order chi connectivity index (χ1) is 8.71. The molecule has 0 aliphatic heterocycles. The molecule has 0 saturated carbocycles. The molecule has 0 fully saturated rings. The number of esters is 1. The lowest BCUT2D eigenvalue weighted by molar-refractivity contribution is -0.136. The van der Waals surface area contributed by atoms with E-state index in [2.05, 4.69) is 20.0 Å². The zero-order valence-electron chi connectivity index (χ0n) is 10.7. The van der Waals surface area contributed by atoms with Gasteiger partial charge >= 0.3 is 12.1 Å². The van der Waals surface area contributed by atoms with Crippen LogP contribution in [0.3, 0.4) is 0 Å². The standard InChI is InChI=1S/C11H14F3N3O2/c1-6-4-8(15-7(2)5-11(12,13)14)17-9(16-6)10(18)19-3/h4,7H,5H2,1-3H3,(H,15,16,17). The Kier molecular flexibility index (Phi) is 4.68. The Bertz CT molecular complexity index is 463. The van der Waals surface area contributed by atoms with Gasteiger partial charge in [0.25, 0.3) is 0 Å². The van der Waals surface area contributed by atoms with Crippen LogP contribution in [0.2, 0.25) is 0 Å². The van der Waals surface area contributed by atoms with Gasteiger partial charge in [0.05, 0.1) is 13.5 Å². The van der Waals surface area contributed by atoms with E-state index >= 15 is 0 Å². The summed E-state index contributed by atoms with van der Waals surface area (Å²) in [7, 11) is 1.17. The minimum Gasteiger partial charge on any atom is -0.463 e. The highest BCUT2D eigenvalue weighted by Crippen LogP contribution is 2.23. The van der Waals surface area contributed by atoms with Gasteiger partial charge in [0.2, 0.25) is 5.82 Å². The molecule has 1 aromatic heterocycles. The number of hydrogen-bond acceptors (Lipinski definition) is 5. The van der Waals surface area contributed by atoms with Gasteiger partial charge in [-0.05, 0) is 13.8 Å². The molecule has 1 rings (SSSR count). The maximum absolute atomic E-state index is 12.2. The average Bonchev–Trinajstić information content (AvgIpc) is 2.24. The van der Waals surface area contributed by atoms with E-state index in [0.717, 1.165) is 0 Å². The van der Waals surface area contributed by atoms with E-state index in [4.69, 9.17) is 0 Å². The predicted molar refractivity (Wildman–Crippen MR) is 61.9 cm³/mol. The highest BCUT2D eigenvalue weighted by Gasteiger charge is 2.30. The number of hydrogen-bond donors (Lipinski definition) is 1. The lowest BCUT2D eigenvalue weighted by Crippen LogP contribution is -2.25. The number of rotatable bonds is 4. The summed E-state index contributed by atoms with van der Waals surface area (Å²) in [5.74, 6) is -0.774. The minimum atomic E-state index is -4.26. The van der Waals surface area contributed by atoms with E-state index < -0.39 is 24.6 Å². The number of halogens is 3. The normalized spacial score (nSPS) is 12.9. The molecule has 0 aliphatic carbocycles. The monoisotopic (exact) mass is 277 g/mol. The van der Waals surface area contributed by atoms with Crippen LogP contribution < -0.4 is 5.32 Å². The van der Waals surface area contributed by atoms with Crippen LogP contribution in [0, 0.1) is 6.92 Å². The molecule has 1 unspecified atom stereocenters. The summed E-state index contributed by atoms with van der Waals surface area (Å²) in [6, 6.07) is 0.596. The third-order valence-corrected chi connectivity index (χ3v) is 2.15. The first-order valence-corrected chi connectivity index (χ1v) is 5.48. The molecule has 0 bridgehead atoms. The smallest absolute Gasteiger partial charge is 0.391 e. The van der Waals surface area contributed by atoms with E-state index in [0.29, 0.717) is 5.69 Å². The molecule has 1 atom stereocenters. The second-order valence-corrected chi connectivity index (χ2v) is 4.07. The summed E-state index contributed by atoms with van der Waals surface area (Å²) in [5, 5.41) is 2.58. The van der Waals surface area contributed by atoms with Crippen molar-refractivity contribution in [3.63, 3.8) is 0 Å². The van der Waals surface area contributed by atoms with E-state index in [1.807, 2.05) is 0 Å². The van der Waals surface area contributed by atoms with E-state index in [1.54, 1.807) is 6.92 Å². The van der Waals surface area contributed by atoms with Crippen molar-refractivity contribution in [3.05, 3.63) is 17.6 Å². The van der Waals surface area contributed by atoms with E-state index in [-0.39, 0.29) is 11.6 Å². The Labute approximate surface area is 108 Å². The van der Waals surface area contributed by atoms with Crippen molar-refractivity contribution in [1.82, 2.24) is 9.97 Å². The molecule has 106 valence electrons. The van der Waals surface area contributed by atoms with Gasteiger partial charge in [-0.15, -0.1) is 0 Å². The van der Waals surface area contributed by atoms with Crippen LogP contribution in [0.5, 0.6) is 0 Å². The number of carbonyl (C=O) groups is 1. The fourth-order valence-corrected chi connectivity index (χ4v) is 1.48. The second kappa shape index (κ2) is 5.85. The SMILES string of the molecule is COC(=O)c1nc(C)cc(NC(C)CC(F)(F)F)n1. The van der Waals surface area contributed by atoms with Crippen LogP contribution in [0.1, 0.15) is 29.7 Å². The average molecular weight is 277 g/mol. The first-order valence-electron chi connectivity index (χ1n) is 5.48. The van der Waals surface area contributed by atoms with Crippen molar-refractivity contribution in [2.24, 2.45) is 0 Å². The number of anilines is 1. The van der Waals surface area contributed by atoms with Gasteiger partial charge in [-0.3, -0.25) is 0 Å². The summed E-state index contributed by atoms with van der Waals surface area (Å²) >= 11 is 0. The molecule has 19 heavy (non-hydrogen) atoms. The quantitative estimate of drug-likeness (QED) is 0.856. The fraction of sp³-hybridized carbons (Fsp3) is 0.545. The van der Waals surface area contributed by atoms with Crippen molar-refractivity contribution < 1.29 is 22.7 Å². The molecular weight excluding hydrogens is 263 g/mol. The first kappa shape index (κ1) is 15.2. The molecule has 5 nitrogen and oxygen atoms in total. The summed E-state index contributed by atoms with van der Waals surface area (Å²) < 4.78 is 41.1. The maximum atomic E-state index is 12.2. The number of methoxy groups -OCH3 is 1. The number of nitrogens with zero attached hydrogens (tertiary/aromatic N) is 2. The minimum absolute atomic E-state index is 0.157. The maximum Gasteiger partial charge on any atom is 0.391 e. The van der Waals surface area contributed by atoms with Crippen molar-refractivity contribution in [2.75, 3.05) is 12.4 Å². The number of nitrogens with one attached hydrogen (secondary N) is 1. The molecule has 1 N–H and O–H groups in total. The van der Waals surface area contributed by atoms with Crippen LogP contribution in [-0.4, -0.2) is 35.3 Å².